The molecule has 0 aromatic rings. The highest BCUT2D eigenvalue weighted by molar-refractivity contribution is 9.09. The number of aliphatic carboxylic acids is 2. The van der Waals surface area contributed by atoms with E-state index in [1.165, 1.54) is 20.8 Å². The van der Waals surface area contributed by atoms with E-state index in [-0.39, 0.29) is 49.5 Å². The summed E-state index contributed by atoms with van der Waals surface area (Å²) in [5.41, 5.74) is 0. The second kappa shape index (κ2) is 36.5. The monoisotopic (exact) mass is 786 g/mol. The quantitative estimate of drug-likeness (QED) is 0.0776. The van der Waals surface area contributed by atoms with Gasteiger partial charge in [0.15, 0.2) is 5.01 Å². The second-order valence-corrected chi connectivity index (χ2v) is 11.5. The Bertz CT molecular complexity index is 953. The van der Waals surface area contributed by atoms with E-state index < -0.39 is 48.4 Å². The van der Waals surface area contributed by atoms with Crippen LogP contribution in [-0.4, -0.2) is 93.1 Å². The van der Waals surface area contributed by atoms with Crippen LogP contribution < -0.4 is 0 Å². The largest absolute Gasteiger partial charge is 0.481 e. The number of halogens is 1. The first-order valence-electron chi connectivity index (χ1n) is 16.2. The predicted octanol–water partition coefficient (Wildman–Crippen LogP) is 5.72. The van der Waals surface area contributed by atoms with Crippen molar-refractivity contribution in [2.24, 2.45) is 0 Å². The van der Waals surface area contributed by atoms with Gasteiger partial charge in [-0.2, -0.15) is 5.26 Å². The third-order valence-corrected chi connectivity index (χ3v) is 5.31. The molecule has 0 saturated heterocycles. The lowest BCUT2D eigenvalue weighted by molar-refractivity contribution is -0.189. The molecule has 0 radical (unpaired) electrons. The molecule has 0 rings (SSSR count). The van der Waals surface area contributed by atoms with Crippen molar-refractivity contribution < 1.29 is 67.5 Å². The lowest BCUT2D eigenvalue weighted by Gasteiger charge is -2.28. The number of rotatable bonds is 17. The first kappa shape index (κ1) is 55.6. The van der Waals surface area contributed by atoms with E-state index in [0.717, 1.165) is 6.54 Å². The van der Waals surface area contributed by atoms with Crippen LogP contribution in [0.3, 0.4) is 0 Å². The standard InChI is InChI=1S/C14H22O8.C8H19N.C5H9BrO2.C4H6O4.C2H3N/c1-5-11(15)19-9(3)21-13(17)7-8-14(18)22-10(4)20-12(16)6-2;1-6-9(7(2)3)8(4)5;1-3-5(7)8-4(2)6;5-3(6)1-2-4(7)8;1-2-3/h9-10H,5-8H2,1-4H3;7-8H,6H2,1-5H3;4H,3H2,1-2H3;1-2H2,(H,5,6)(H,7,8);1H3. The Morgan fingerprint density at radius 3 is 1.00 bits per heavy atom. The summed E-state index contributed by atoms with van der Waals surface area (Å²) in [6, 6.07) is 3.13. The Morgan fingerprint density at radius 2 is 0.840 bits per heavy atom. The number of ether oxygens (including phenoxy) is 5. The Hall–Kier alpha value is -3.78. The number of hydrogen-bond donors (Lipinski definition) is 2. The minimum absolute atomic E-state index is 0.157. The van der Waals surface area contributed by atoms with E-state index in [2.05, 4.69) is 60.2 Å². The fraction of sp³-hybridized carbons (Fsp3) is 0.758. The van der Waals surface area contributed by atoms with E-state index in [1.54, 1.807) is 33.8 Å². The van der Waals surface area contributed by atoms with Gasteiger partial charge in [-0.25, -0.2) is 0 Å². The predicted molar refractivity (Wildman–Crippen MR) is 186 cm³/mol. The van der Waals surface area contributed by atoms with Crippen LogP contribution in [0.4, 0.5) is 0 Å². The van der Waals surface area contributed by atoms with Gasteiger partial charge in [0.05, 0.1) is 31.8 Å². The summed E-state index contributed by atoms with van der Waals surface area (Å²) in [6.07, 6.45) is -2.31. The fourth-order valence-corrected chi connectivity index (χ4v) is 3.29. The number of alkyl halides is 1. The van der Waals surface area contributed by atoms with Crippen molar-refractivity contribution in [3.05, 3.63) is 0 Å². The van der Waals surface area contributed by atoms with Gasteiger partial charge in [0.2, 0.25) is 12.6 Å². The summed E-state index contributed by atoms with van der Waals surface area (Å²) in [5, 5.41) is 23.0. The van der Waals surface area contributed by atoms with E-state index in [4.69, 9.17) is 34.4 Å². The summed E-state index contributed by atoms with van der Waals surface area (Å²) >= 11 is 3.07. The third kappa shape index (κ3) is 46.3. The van der Waals surface area contributed by atoms with Crippen molar-refractivity contribution in [1.82, 2.24) is 4.90 Å². The van der Waals surface area contributed by atoms with Crippen LogP contribution in [0.2, 0.25) is 0 Å². The molecule has 292 valence electrons. The molecule has 50 heavy (non-hydrogen) atoms. The van der Waals surface area contributed by atoms with E-state index >= 15 is 0 Å². The number of nitrogens with zero attached hydrogens (tertiary/aromatic N) is 2. The highest BCUT2D eigenvalue weighted by atomic mass is 79.9. The molecule has 3 atom stereocenters. The zero-order valence-corrected chi connectivity index (χ0v) is 33.2. The van der Waals surface area contributed by atoms with Gasteiger partial charge in [0.1, 0.15) is 0 Å². The van der Waals surface area contributed by atoms with Gasteiger partial charge in [-0.05, 0) is 57.1 Å². The maximum absolute atomic E-state index is 11.4. The molecule has 0 aromatic heterocycles. The van der Waals surface area contributed by atoms with Crippen molar-refractivity contribution in [3.63, 3.8) is 0 Å². The number of carboxylic acid groups (broad SMARTS) is 2. The number of carbonyl (C=O) groups is 7. The number of esters is 5. The van der Waals surface area contributed by atoms with Gasteiger partial charge in [-0.15, -0.1) is 0 Å². The molecule has 0 aliphatic rings. The topological polar surface area (TPSA) is 233 Å². The molecule has 0 bridgehead atoms. The van der Waals surface area contributed by atoms with Crippen LogP contribution in [0.5, 0.6) is 0 Å². The van der Waals surface area contributed by atoms with E-state index in [9.17, 15) is 33.6 Å². The second-order valence-electron chi connectivity index (χ2n) is 10.2. The van der Waals surface area contributed by atoms with Crippen molar-refractivity contribution in [1.29, 1.82) is 5.26 Å². The lowest BCUT2D eigenvalue weighted by atomic mass is 10.2. The maximum Gasteiger partial charge on any atom is 0.309 e. The molecule has 0 fully saturated rings. The molecule has 0 aliphatic carbocycles. The molecule has 3 unspecified atom stereocenters. The number of carboxylic acids is 2. The number of hydrogen-bond acceptors (Lipinski definition) is 14. The van der Waals surface area contributed by atoms with Gasteiger partial charge in [0, 0.05) is 52.1 Å². The van der Waals surface area contributed by atoms with Crippen molar-refractivity contribution >= 4 is 57.7 Å². The molecule has 17 heteroatoms. The van der Waals surface area contributed by atoms with Gasteiger partial charge in [-0.3, -0.25) is 38.5 Å². The minimum Gasteiger partial charge on any atom is -0.481 e. The van der Waals surface area contributed by atoms with Crippen LogP contribution in [0.25, 0.3) is 0 Å². The van der Waals surface area contributed by atoms with Gasteiger partial charge >= 0.3 is 41.8 Å². The first-order valence-corrected chi connectivity index (χ1v) is 17.1. The van der Waals surface area contributed by atoms with Crippen molar-refractivity contribution in [3.8, 4) is 6.07 Å². The van der Waals surface area contributed by atoms with Crippen LogP contribution in [-0.2, 0) is 57.2 Å². The summed E-state index contributed by atoms with van der Waals surface area (Å²) in [5.74, 6) is -4.72. The maximum atomic E-state index is 11.4. The van der Waals surface area contributed by atoms with Crippen LogP contribution in [0.15, 0.2) is 0 Å². The third-order valence-electron chi connectivity index (χ3n) is 5.13. The lowest BCUT2D eigenvalue weighted by Crippen LogP contribution is -2.36. The first-order chi connectivity index (χ1) is 23.1. The molecular weight excluding hydrogens is 728 g/mol. The molecule has 0 saturated carbocycles. The number of carbonyl (C=O) groups excluding carboxylic acids is 5. The van der Waals surface area contributed by atoms with E-state index in [1.807, 2.05) is 0 Å². The fourth-order valence-electron chi connectivity index (χ4n) is 3.08. The van der Waals surface area contributed by atoms with E-state index in [0.29, 0.717) is 18.5 Å². The van der Waals surface area contributed by atoms with Crippen LogP contribution in [0.1, 0.15) is 128 Å². The zero-order chi connectivity index (χ0) is 40.4. The smallest absolute Gasteiger partial charge is 0.309 e. The molecule has 0 spiro atoms. The molecular formula is C33H59BrN2O14. The molecule has 0 heterocycles. The summed E-state index contributed by atoms with van der Waals surface area (Å²) < 4.78 is 23.7. The van der Waals surface area contributed by atoms with Crippen molar-refractivity contribution in [2.45, 2.75) is 158 Å². The summed E-state index contributed by atoms with van der Waals surface area (Å²) in [6.45, 7) is 23.3. The van der Waals surface area contributed by atoms with Gasteiger partial charge < -0.3 is 33.9 Å². The van der Waals surface area contributed by atoms with Gasteiger partial charge in [0.25, 0.3) is 0 Å². The molecule has 0 aliphatic heterocycles. The molecule has 2 N–H and O–H groups in total. The minimum atomic E-state index is -1.08. The Morgan fingerprint density at radius 1 is 0.580 bits per heavy atom. The SMILES string of the molecule is CC#N.CCC(=O)OC(C)Br.CCC(=O)OC(C)OC(=O)CCC(=O)OC(C)OC(=O)CC.CCN(C(C)C)C(C)C.O=C(O)CCC(=O)O. The average Bonchev–Trinajstić information content (AvgIpc) is 2.99. The highest BCUT2D eigenvalue weighted by Crippen LogP contribution is 2.05. The zero-order valence-electron chi connectivity index (χ0n) is 31.6. The van der Waals surface area contributed by atoms with Crippen molar-refractivity contribution in [2.75, 3.05) is 6.54 Å². The summed E-state index contributed by atoms with van der Waals surface area (Å²) in [7, 11) is 0. The Balaban J connectivity index is -0.000000198. The van der Waals surface area contributed by atoms with Gasteiger partial charge in [-0.1, -0.05) is 27.7 Å². The highest BCUT2D eigenvalue weighted by Gasteiger charge is 2.17. The van der Waals surface area contributed by atoms with Crippen LogP contribution in [0, 0.1) is 11.3 Å². The normalized spacial score (nSPS) is 11.3. The molecule has 0 amide bonds. The van der Waals surface area contributed by atoms with Crippen LogP contribution >= 0.6 is 15.9 Å². The summed E-state index contributed by atoms with van der Waals surface area (Å²) in [4.78, 5) is 76.9. The number of nitriles is 1. The molecule has 0 aromatic carbocycles. The molecule has 16 nitrogen and oxygen atoms in total. The average molecular weight is 788 g/mol. The Kier molecular flexibility index (Phi) is 40.6. The Labute approximate surface area is 305 Å².